The van der Waals surface area contributed by atoms with E-state index < -0.39 is 0 Å². The second kappa shape index (κ2) is 8.91. The molecule has 31 heavy (non-hydrogen) atoms. The van der Waals surface area contributed by atoms with Crippen molar-refractivity contribution in [3.05, 3.63) is 71.8 Å². The van der Waals surface area contributed by atoms with E-state index in [1.165, 1.54) is 19.3 Å². The molecule has 0 atom stereocenters. The lowest BCUT2D eigenvalue weighted by atomic mass is 9.99. The summed E-state index contributed by atoms with van der Waals surface area (Å²) in [6.45, 7) is 4.75. The quantitative estimate of drug-likeness (QED) is 0.642. The molecule has 0 aliphatic carbocycles. The van der Waals surface area contributed by atoms with Gasteiger partial charge < -0.3 is 15.5 Å². The summed E-state index contributed by atoms with van der Waals surface area (Å²) < 4.78 is 13.5. The molecule has 2 heterocycles. The number of hydrogen-bond acceptors (Lipinski definition) is 6. The minimum absolute atomic E-state index is 0.126. The van der Waals surface area contributed by atoms with Gasteiger partial charge in [0, 0.05) is 31.4 Å². The minimum Gasteiger partial charge on any atom is -0.337 e. The summed E-state index contributed by atoms with van der Waals surface area (Å²) in [7, 11) is 0. The standard InChI is InChI=1S/C23H23FN6O/c1-15-20(27-16(2)31)7-4-8-21(15)28-22-25-14-26-23(29-22)30-11-9-17(10-12-30)18-5-3-6-19(24)13-18/h3-9,13-14H,10-12H2,1-2H3,(H,27,31)(H,25,26,28,29). The first-order chi connectivity index (χ1) is 15.0. The van der Waals surface area contributed by atoms with E-state index in [-0.39, 0.29) is 11.7 Å². The van der Waals surface area contributed by atoms with Crippen LogP contribution >= 0.6 is 0 Å². The monoisotopic (exact) mass is 418 g/mol. The third-order valence-corrected chi connectivity index (χ3v) is 5.14. The van der Waals surface area contributed by atoms with Crippen molar-refractivity contribution < 1.29 is 9.18 Å². The zero-order valence-corrected chi connectivity index (χ0v) is 17.4. The van der Waals surface area contributed by atoms with Gasteiger partial charge in [-0.3, -0.25) is 4.79 Å². The van der Waals surface area contributed by atoms with Gasteiger partial charge in [-0.1, -0.05) is 24.3 Å². The zero-order chi connectivity index (χ0) is 21.8. The van der Waals surface area contributed by atoms with E-state index in [4.69, 9.17) is 0 Å². The van der Waals surface area contributed by atoms with Crippen molar-refractivity contribution >= 4 is 34.8 Å². The highest BCUT2D eigenvalue weighted by Crippen LogP contribution is 2.27. The molecule has 0 spiro atoms. The van der Waals surface area contributed by atoms with Crippen molar-refractivity contribution in [1.29, 1.82) is 0 Å². The summed E-state index contributed by atoms with van der Waals surface area (Å²) >= 11 is 0. The van der Waals surface area contributed by atoms with Crippen LogP contribution in [-0.4, -0.2) is 33.9 Å². The summed E-state index contributed by atoms with van der Waals surface area (Å²) in [4.78, 5) is 26.5. The van der Waals surface area contributed by atoms with Crippen LogP contribution in [0.15, 0.2) is 54.9 Å². The number of hydrogen-bond donors (Lipinski definition) is 2. The molecule has 0 bridgehead atoms. The molecule has 158 valence electrons. The molecule has 2 N–H and O–H groups in total. The number of carbonyl (C=O) groups is 1. The average Bonchev–Trinajstić information content (AvgIpc) is 2.77. The maximum absolute atomic E-state index is 13.5. The van der Waals surface area contributed by atoms with E-state index in [0.717, 1.165) is 41.0 Å². The van der Waals surface area contributed by atoms with Crippen molar-refractivity contribution in [3.8, 4) is 0 Å². The highest BCUT2D eigenvalue weighted by atomic mass is 19.1. The Morgan fingerprint density at radius 1 is 1.13 bits per heavy atom. The normalized spacial score (nSPS) is 13.5. The van der Waals surface area contributed by atoms with Crippen LogP contribution in [0.4, 0.5) is 27.7 Å². The zero-order valence-electron chi connectivity index (χ0n) is 17.4. The summed E-state index contributed by atoms with van der Waals surface area (Å²) in [6.07, 6.45) is 4.33. The van der Waals surface area contributed by atoms with Crippen LogP contribution in [0.25, 0.3) is 5.57 Å². The largest absolute Gasteiger partial charge is 0.337 e. The summed E-state index contributed by atoms with van der Waals surface area (Å²) in [6, 6.07) is 12.3. The van der Waals surface area contributed by atoms with Crippen LogP contribution < -0.4 is 15.5 Å². The van der Waals surface area contributed by atoms with Gasteiger partial charge in [-0.05, 0) is 54.3 Å². The van der Waals surface area contributed by atoms with E-state index in [9.17, 15) is 9.18 Å². The number of nitrogens with one attached hydrogen (secondary N) is 2. The molecule has 0 fully saturated rings. The SMILES string of the molecule is CC(=O)Nc1cccc(Nc2ncnc(N3CC=C(c4cccc(F)c4)CC3)n2)c1C. The van der Waals surface area contributed by atoms with Gasteiger partial charge in [0.05, 0.1) is 0 Å². The highest BCUT2D eigenvalue weighted by Gasteiger charge is 2.17. The van der Waals surface area contributed by atoms with Crippen LogP contribution in [0.2, 0.25) is 0 Å². The number of carbonyl (C=O) groups excluding carboxylic acids is 1. The van der Waals surface area contributed by atoms with Gasteiger partial charge in [-0.25, -0.2) is 14.4 Å². The van der Waals surface area contributed by atoms with E-state index in [2.05, 4.69) is 36.6 Å². The third-order valence-electron chi connectivity index (χ3n) is 5.14. The fourth-order valence-electron chi connectivity index (χ4n) is 3.52. The summed E-state index contributed by atoms with van der Waals surface area (Å²) in [5.41, 5.74) is 4.45. The summed E-state index contributed by atoms with van der Waals surface area (Å²) in [5.74, 6) is 0.640. The lowest BCUT2D eigenvalue weighted by Crippen LogP contribution is -2.30. The smallest absolute Gasteiger partial charge is 0.232 e. The van der Waals surface area contributed by atoms with Gasteiger partial charge >= 0.3 is 0 Å². The maximum atomic E-state index is 13.5. The Balaban J connectivity index is 1.49. The van der Waals surface area contributed by atoms with E-state index in [1.807, 2.05) is 31.2 Å². The Morgan fingerprint density at radius 2 is 1.94 bits per heavy atom. The predicted molar refractivity (Wildman–Crippen MR) is 120 cm³/mol. The molecule has 7 nitrogen and oxygen atoms in total. The highest BCUT2D eigenvalue weighted by molar-refractivity contribution is 5.90. The number of benzene rings is 2. The first-order valence-corrected chi connectivity index (χ1v) is 10.0. The van der Waals surface area contributed by atoms with E-state index in [0.29, 0.717) is 18.4 Å². The van der Waals surface area contributed by atoms with Crippen molar-refractivity contribution in [3.63, 3.8) is 0 Å². The number of halogens is 1. The van der Waals surface area contributed by atoms with Crippen molar-refractivity contribution in [1.82, 2.24) is 15.0 Å². The van der Waals surface area contributed by atoms with Gasteiger partial charge in [-0.2, -0.15) is 4.98 Å². The molecule has 0 unspecified atom stereocenters. The second-order valence-electron chi connectivity index (χ2n) is 7.33. The fourth-order valence-corrected chi connectivity index (χ4v) is 3.52. The van der Waals surface area contributed by atoms with Gasteiger partial charge in [0.1, 0.15) is 12.1 Å². The van der Waals surface area contributed by atoms with Crippen LogP contribution in [0.3, 0.4) is 0 Å². The van der Waals surface area contributed by atoms with Crippen molar-refractivity contribution in [2.24, 2.45) is 0 Å². The molecule has 1 aromatic heterocycles. The predicted octanol–water partition coefficient (Wildman–Crippen LogP) is 4.31. The van der Waals surface area contributed by atoms with Crippen LogP contribution in [0, 0.1) is 12.7 Å². The Hall–Kier alpha value is -3.81. The molecule has 3 aromatic rings. The molecule has 1 aliphatic heterocycles. The Labute approximate surface area is 180 Å². The van der Waals surface area contributed by atoms with Crippen LogP contribution in [0.1, 0.15) is 24.5 Å². The van der Waals surface area contributed by atoms with Crippen molar-refractivity contribution in [2.75, 3.05) is 28.6 Å². The molecule has 2 aromatic carbocycles. The molecule has 4 rings (SSSR count). The third kappa shape index (κ3) is 4.85. The van der Waals surface area contributed by atoms with Gasteiger partial charge in [-0.15, -0.1) is 0 Å². The van der Waals surface area contributed by atoms with Gasteiger partial charge in [0.25, 0.3) is 0 Å². The lowest BCUT2D eigenvalue weighted by Gasteiger charge is -2.26. The second-order valence-corrected chi connectivity index (χ2v) is 7.33. The topological polar surface area (TPSA) is 83.0 Å². The lowest BCUT2D eigenvalue weighted by molar-refractivity contribution is -0.114. The van der Waals surface area contributed by atoms with Gasteiger partial charge in [0.15, 0.2) is 0 Å². The number of anilines is 4. The Morgan fingerprint density at radius 3 is 2.68 bits per heavy atom. The molecular weight excluding hydrogens is 395 g/mol. The van der Waals surface area contributed by atoms with Gasteiger partial charge in [0.2, 0.25) is 17.8 Å². The van der Waals surface area contributed by atoms with E-state index in [1.54, 1.807) is 12.1 Å². The molecule has 0 saturated heterocycles. The number of nitrogens with zero attached hydrogens (tertiary/aromatic N) is 4. The average molecular weight is 418 g/mol. The fraction of sp³-hybridized carbons (Fsp3) is 0.217. The Kier molecular flexibility index (Phi) is 5.88. The first-order valence-electron chi connectivity index (χ1n) is 10.0. The molecule has 0 radical (unpaired) electrons. The molecule has 1 amide bonds. The van der Waals surface area contributed by atoms with E-state index >= 15 is 0 Å². The first kappa shape index (κ1) is 20.5. The number of aromatic nitrogens is 3. The molecule has 0 saturated carbocycles. The minimum atomic E-state index is -0.230. The summed E-state index contributed by atoms with van der Waals surface area (Å²) in [5, 5.41) is 6.02. The van der Waals surface area contributed by atoms with Crippen LogP contribution in [-0.2, 0) is 4.79 Å². The molecular formula is C23H23FN6O. The number of amides is 1. The maximum Gasteiger partial charge on any atom is 0.232 e. The Bertz CT molecular complexity index is 1150. The molecule has 1 aliphatic rings. The van der Waals surface area contributed by atoms with Crippen molar-refractivity contribution in [2.45, 2.75) is 20.3 Å². The molecule has 8 heteroatoms. The number of rotatable bonds is 5. The van der Waals surface area contributed by atoms with Crippen LogP contribution in [0.5, 0.6) is 0 Å².